The summed E-state index contributed by atoms with van der Waals surface area (Å²) in [6.07, 6.45) is 3.69. The number of carbonyl (C=O) groups is 1. The van der Waals surface area contributed by atoms with Gasteiger partial charge in [0.25, 0.3) is 6.47 Å². The molecular formula is C10H16O2. The predicted octanol–water partition coefficient (Wildman–Crippen LogP) is 1.98. The zero-order valence-corrected chi connectivity index (χ0v) is 7.75. The van der Waals surface area contributed by atoms with Gasteiger partial charge in [0.2, 0.25) is 0 Å². The van der Waals surface area contributed by atoms with E-state index in [0.29, 0.717) is 12.4 Å². The second kappa shape index (κ2) is 2.48. The van der Waals surface area contributed by atoms with Gasteiger partial charge >= 0.3 is 0 Å². The Labute approximate surface area is 73.3 Å². The van der Waals surface area contributed by atoms with Crippen LogP contribution in [0.4, 0.5) is 0 Å². The maximum absolute atomic E-state index is 10.3. The van der Waals surface area contributed by atoms with Crippen LogP contribution in [0.15, 0.2) is 0 Å². The molecular weight excluding hydrogens is 152 g/mol. The van der Waals surface area contributed by atoms with Crippen molar-refractivity contribution in [1.29, 1.82) is 0 Å². The minimum atomic E-state index is -0.135. The quantitative estimate of drug-likeness (QED) is 0.589. The van der Waals surface area contributed by atoms with Gasteiger partial charge in [-0.1, -0.05) is 6.92 Å². The van der Waals surface area contributed by atoms with E-state index in [1.165, 1.54) is 12.8 Å². The van der Waals surface area contributed by atoms with Crippen molar-refractivity contribution < 1.29 is 9.53 Å². The highest BCUT2D eigenvalue weighted by Crippen LogP contribution is 2.54. The van der Waals surface area contributed by atoms with Crippen LogP contribution in [0, 0.1) is 17.8 Å². The van der Waals surface area contributed by atoms with Crippen LogP contribution >= 0.6 is 0 Å². The number of fused-ring (bicyclic) bond motifs is 2. The van der Waals surface area contributed by atoms with E-state index in [0.717, 1.165) is 18.3 Å². The average Bonchev–Trinajstić information content (AvgIpc) is 2.43. The first-order valence-electron chi connectivity index (χ1n) is 4.77. The Morgan fingerprint density at radius 2 is 2.25 bits per heavy atom. The van der Waals surface area contributed by atoms with Gasteiger partial charge < -0.3 is 4.74 Å². The first-order valence-corrected chi connectivity index (χ1v) is 4.77. The summed E-state index contributed by atoms with van der Waals surface area (Å²) >= 11 is 0. The van der Waals surface area contributed by atoms with Gasteiger partial charge in [-0.05, 0) is 38.0 Å². The fraction of sp³-hybridized carbons (Fsp3) is 0.900. The molecule has 2 fully saturated rings. The Morgan fingerprint density at radius 3 is 2.75 bits per heavy atom. The lowest BCUT2D eigenvalue weighted by atomic mass is 9.79. The molecule has 68 valence electrons. The van der Waals surface area contributed by atoms with Gasteiger partial charge in [0.1, 0.15) is 5.60 Å². The van der Waals surface area contributed by atoms with Gasteiger partial charge in [0.15, 0.2) is 0 Å². The third kappa shape index (κ3) is 0.970. The van der Waals surface area contributed by atoms with E-state index in [9.17, 15) is 4.79 Å². The van der Waals surface area contributed by atoms with E-state index in [1.54, 1.807) is 0 Å². The molecule has 2 saturated carbocycles. The van der Waals surface area contributed by atoms with E-state index >= 15 is 0 Å². The molecule has 4 unspecified atom stereocenters. The summed E-state index contributed by atoms with van der Waals surface area (Å²) in [6, 6.07) is 0. The summed E-state index contributed by atoms with van der Waals surface area (Å²) in [5.74, 6) is 2.18. The van der Waals surface area contributed by atoms with Crippen LogP contribution < -0.4 is 0 Å². The van der Waals surface area contributed by atoms with Gasteiger partial charge in [0, 0.05) is 5.92 Å². The summed E-state index contributed by atoms with van der Waals surface area (Å²) in [7, 11) is 0. The van der Waals surface area contributed by atoms with Crippen molar-refractivity contribution in [2.75, 3.05) is 0 Å². The highest BCUT2D eigenvalue weighted by Gasteiger charge is 2.53. The summed E-state index contributed by atoms with van der Waals surface area (Å²) in [4.78, 5) is 10.3. The Hall–Kier alpha value is -0.530. The first kappa shape index (κ1) is 8.09. The van der Waals surface area contributed by atoms with Crippen LogP contribution in [0.2, 0.25) is 0 Å². The summed E-state index contributed by atoms with van der Waals surface area (Å²) in [6.45, 7) is 4.98. The Morgan fingerprint density at radius 1 is 1.50 bits per heavy atom. The molecule has 0 aromatic rings. The number of hydrogen-bond acceptors (Lipinski definition) is 2. The predicted molar refractivity (Wildman–Crippen MR) is 45.5 cm³/mol. The van der Waals surface area contributed by atoms with E-state index in [1.807, 2.05) is 0 Å². The Kier molecular flexibility index (Phi) is 1.67. The zero-order chi connectivity index (χ0) is 8.77. The molecule has 0 aromatic carbocycles. The van der Waals surface area contributed by atoms with Crippen molar-refractivity contribution in [3.8, 4) is 0 Å². The van der Waals surface area contributed by atoms with Crippen molar-refractivity contribution in [2.24, 2.45) is 17.8 Å². The summed E-state index contributed by atoms with van der Waals surface area (Å²) < 4.78 is 5.21. The molecule has 0 heterocycles. The molecule has 2 heteroatoms. The monoisotopic (exact) mass is 168 g/mol. The van der Waals surface area contributed by atoms with Crippen LogP contribution in [0.25, 0.3) is 0 Å². The molecule has 0 radical (unpaired) electrons. The fourth-order valence-corrected chi connectivity index (χ4v) is 3.37. The summed E-state index contributed by atoms with van der Waals surface area (Å²) in [5.41, 5.74) is -0.135. The zero-order valence-electron chi connectivity index (χ0n) is 7.75. The third-order valence-electron chi connectivity index (χ3n) is 3.77. The highest BCUT2D eigenvalue weighted by molar-refractivity contribution is 5.39. The van der Waals surface area contributed by atoms with Crippen molar-refractivity contribution in [1.82, 2.24) is 0 Å². The molecule has 2 bridgehead atoms. The largest absolute Gasteiger partial charge is 0.461 e. The molecule has 2 nitrogen and oxygen atoms in total. The molecule has 2 aliphatic carbocycles. The molecule has 0 aliphatic heterocycles. The highest BCUT2D eigenvalue weighted by atomic mass is 16.5. The lowest BCUT2D eigenvalue weighted by Gasteiger charge is -2.35. The SMILES string of the molecule is CC1CC2CC1C(C)(OC=O)C2. The Bertz CT molecular complexity index is 202. The Balaban J connectivity index is 2.14. The van der Waals surface area contributed by atoms with Gasteiger partial charge in [-0.15, -0.1) is 0 Å². The smallest absolute Gasteiger partial charge is 0.293 e. The third-order valence-corrected chi connectivity index (χ3v) is 3.77. The lowest BCUT2D eigenvalue weighted by Crippen LogP contribution is -2.38. The molecule has 0 saturated heterocycles. The van der Waals surface area contributed by atoms with Crippen LogP contribution in [-0.2, 0) is 9.53 Å². The maximum atomic E-state index is 10.3. The van der Waals surface area contributed by atoms with Crippen molar-refractivity contribution in [2.45, 2.75) is 38.7 Å². The van der Waals surface area contributed by atoms with Gasteiger partial charge in [-0.2, -0.15) is 0 Å². The topological polar surface area (TPSA) is 26.3 Å². The average molecular weight is 168 g/mol. The van der Waals surface area contributed by atoms with E-state index in [2.05, 4.69) is 13.8 Å². The number of rotatable bonds is 2. The molecule has 12 heavy (non-hydrogen) atoms. The molecule has 0 amide bonds. The lowest BCUT2D eigenvalue weighted by molar-refractivity contribution is -0.148. The van der Waals surface area contributed by atoms with Crippen LogP contribution in [0.1, 0.15) is 33.1 Å². The second-order valence-corrected chi connectivity index (χ2v) is 4.65. The molecule has 0 aromatic heterocycles. The molecule has 0 N–H and O–H groups in total. The van der Waals surface area contributed by atoms with E-state index < -0.39 is 0 Å². The minimum Gasteiger partial charge on any atom is -0.461 e. The summed E-state index contributed by atoms with van der Waals surface area (Å²) in [5, 5.41) is 0. The first-order chi connectivity index (χ1) is 5.65. The van der Waals surface area contributed by atoms with E-state index in [4.69, 9.17) is 4.74 Å². The normalized spacial score (nSPS) is 51.0. The molecule has 0 spiro atoms. The van der Waals surface area contributed by atoms with Gasteiger partial charge in [0.05, 0.1) is 0 Å². The van der Waals surface area contributed by atoms with Gasteiger partial charge in [-0.3, -0.25) is 4.79 Å². The van der Waals surface area contributed by atoms with Gasteiger partial charge in [-0.25, -0.2) is 0 Å². The molecule has 2 aliphatic rings. The fourth-order valence-electron chi connectivity index (χ4n) is 3.37. The molecule has 4 atom stereocenters. The maximum Gasteiger partial charge on any atom is 0.293 e. The van der Waals surface area contributed by atoms with Crippen molar-refractivity contribution >= 4 is 6.47 Å². The number of ether oxygens (including phenoxy) is 1. The van der Waals surface area contributed by atoms with Crippen molar-refractivity contribution in [3.05, 3.63) is 0 Å². The van der Waals surface area contributed by atoms with Crippen LogP contribution in [-0.4, -0.2) is 12.1 Å². The second-order valence-electron chi connectivity index (χ2n) is 4.65. The molecule has 2 rings (SSSR count). The number of hydrogen-bond donors (Lipinski definition) is 0. The van der Waals surface area contributed by atoms with Crippen molar-refractivity contribution in [3.63, 3.8) is 0 Å². The van der Waals surface area contributed by atoms with Crippen LogP contribution in [0.5, 0.6) is 0 Å². The van der Waals surface area contributed by atoms with E-state index in [-0.39, 0.29) is 5.60 Å². The minimum absolute atomic E-state index is 0.135. The van der Waals surface area contributed by atoms with Crippen LogP contribution in [0.3, 0.4) is 0 Å². The standard InChI is InChI=1S/C10H16O2/c1-7-3-8-4-9(7)10(2,5-8)12-6-11/h6-9H,3-5H2,1-2H3. The number of carbonyl (C=O) groups excluding carboxylic acids is 1.